The van der Waals surface area contributed by atoms with Crippen LogP contribution in [-0.4, -0.2) is 27.2 Å². The van der Waals surface area contributed by atoms with Gasteiger partial charge in [-0.3, -0.25) is 0 Å². The zero-order valence-corrected chi connectivity index (χ0v) is 13.2. The van der Waals surface area contributed by atoms with E-state index in [1.807, 2.05) is 0 Å². The van der Waals surface area contributed by atoms with Gasteiger partial charge in [0.15, 0.2) is 11.5 Å². The summed E-state index contributed by atoms with van der Waals surface area (Å²) in [6, 6.07) is 6.37. The Balaban J connectivity index is 2.15. The molecule has 0 aliphatic heterocycles. The molecule has 0 unspecified atom stereocenters. The van der Waals surface area contributed by atoms with Gasteiger partial charge in [-0.2, -0.15) is 13.2 Å². The molecule has 0 saturated heterocycles. The van der Waals surface area contributed by atoms with Crippen LogP contribution in [0.15, 0.2) is 43.0 Å². The summed E-state index contributed by atoms with van der Waals surface area (Å²) >= 11 is 0. The first-order valence-corrected chi connectivity index (χ1v) is 7.29. The Kier molecular flexibility index (Phi) is 4.12. The van der Waals surface area contributed by atoms with Crippen molar-refractivity contribution in [3.05, 3.63) is 54.1 Å². The SMILES string of the molecule is C=CCc1cc(OC)c(O)c(-n2nc3ccc(C(F)(F)F)cc3n2)c1. The molecule has 2 aromatic carbocycles. The van der Waals surface area contributed by atoms with Crippen LogP contribution in [0.3, 0.4) is 0 Å². The number of benzene rings is 2. The molecule has 0 spiro atoms. The maximum absolute atomic E-state index is 12.8. The molecule has 8 heteroatoms. The summed E-state index contributed by atoms with van der Waals surface area (Å²) in [5.74, 6) is 0.0124. The van der Waals surface area contributed by atoms with E-state index in [0.717, 1.165) is 22.5 Å². The number of rotatable bonds is 4. The van der Waals surface area contributed by atoms with E-state index < -0.39 is 11.7 Å². The fourth-order valence-electron chi connectivity index (χ4n) is 2.44. The number of nitrogens with zero attached hydrogens (tertiary/aromatic N) is 3. The Morgan fingerprint density at radius 2 is 1.92 bits per heavy atom. The molecule has 0 bridgehead atoms. The van der Waals surface area contributed by atoms with Crippen molar-refractivity contribution in [3.63, 3.8) is 0 Å². The Bertz CT molecular complexity index is 948. The molecule has 5 nitrogen and oxygen atoms in total. The molecule has 0 fully saturated rings. The van der Waals surface area contributed by atoms with Gasteiger partial charge in [0.1, 0.15) is 16.7 Å². The van der Waals surface area contributed by atoms with Crippen molar-refractivity contribution >= 4 is 11.0 Å². The molecule has 0 amide bonds. The van der Waals surface area contributed by atoms with Gasteiger partial charge in [-0.1, -0.05) is 6.08 Å². The maximum atomic E-state index is 12.8. The minimum Gasteiger partial charge on any atom is -0.503 e. The smallest absolute Gasteiger partial charge is 0.416 e. The van der Waals surface area contributed by atoms with Gasteiger partial charge in [0.25, 0.3) is 0 Å². The number of aromatic nitrogens is 3. The first-order valence-electron chi connectivity index (χ1n) is 7.29. The van der Waals surface area contributed by atoms with Gasteiger partial charge in [0.2, 0.25) is 0 Å². The molecule has 1 N–H and O–H groups in total. The number of phenolic OH excluding ortho intramolecular Hbond substituents is 1. The Hall–Kier alpha value is -3.03. The molecule has 0 aliphatic rings. The maximum Gasteiger partial charge on any atom is 0.416 e. The molecular weight excluding hydrogens is 335 g/mol. The van der Waals surface area contributed by atoms with Gasteiger partial charge in [0.05, 0.1) is 12.7 Å². The summed E-state index contributed by atoms with van der Waals surface area (Å²) in [5, 5.41) is 18.5. The topological polar surface area (TPSA) is 60.2 Å². The number of allylic oxidation sites excluding steroid dienone is 1. The van der Waals surface area contributed by atoms with Gasteiger partial charge in [-0.05, 0) is 42.3 Å². The first kappa shape index (κ1) is 16.8. The predicted molar refractivity (Wildman–Crippen MR) is 86.0 cm³/mol. The third-order valence-electron chi connectivity index (χ3n) is 3.64. The van der Waals surface area contributed by atoms with E-state index in [4.69, 9.17) is 4.74 Å². The molecule has 0 radical (unpaired) electrons. The normalized spacial score (nSPS) is 11.7. The highest BCUT2D eigenvalue weighted by Crippen LogP contribution is 2.35. The third kappa shape index (κ3) is 3.15. The zero-order chi connectivity index (χ0) is 18.2. The van der Waals surface area contributed by atoms with E-state index in [-0.39, 0.29) is 28.2 Å². The summed E-state index contributed by atoms with van der Waals surface area (Å²) in [6.07, 6.45) is -2.27. The minimum absolute atomic E-state index is 0.0716. The van der Waals surface area contributed by atoms with Crippen LogP contribution in [0.1, 0.15) is 11.1 Å². The second kappa shape index (κ2) is 6.12. The molecule has 0 saturated carbocycles. The van der Waals surface area contributed by atoms with Crippen LogP contribution >= 0.6 is 0 Å². The lowest BCUT2D eigenvalue weighted by Crippen LogP contribution is -2.04. The predicted octanol–water partition coefficient (Wildman–Crippen LogP) is 3.88. The fraction of sp³-hybridized carbons (Fsp3) is 0.176. The van der Waals surface area contributed by atoms with Gasteiger partial charge in [0, 0.05) is 0 Å². The number of ether oxygens (including phenoxy) is 1. The van der Waals surface area contributed by atoms with E-state index in [1.54, 1.807) is 18.2 Å². The fourth-order valence-corrected chi connectivity index (χ4v) is 2.44. The Labute approximate surface area is 141 Å². The standard InChI is InChI=1S/C17H14F3N3O2/c1-3-4-10-7-14(16(24)15(8-10)25-2)23-21-12-6-5-11(17(18,19)20)9-13(12)22-23/h3,5-9,24H,1,4H2,2H3. The molecule has 130 valence electrons. The lowest BCUT2D eigenvalue weighted by Gasteiger charge is -2.10. The average molecular weight is 349 g/mol. The summed E-state index contributed by atoms with van der Waals surface area (Å²) in [6.45, 7) is 3.66. The van der Waals surface area contributed by atoms with E-state index in [0.29, 0.717) is 6.42 Å². The van der Waals surface area contributed by atoms with Crippen molar-refractivity contribution in [2.24, 2.45) is 0 Å². The van der Waals surface area contributed by atoms with Crippen LogP contribution in [0.25, 0.3) is 16.7 Å². The average Bonchev–Trinajstić information content (AvgIpc) is 2.98. The van der Waals surface area contributed by atoms with Crippen LogP contribution in [0, 0.1) is 0 Å². The molecular formula is C17H14F3N3O2. The number of aromatic hydroxyl groups is 1. The van der Waals surface area contributed by atoms with Crippen molar-refractivity contribution in [2.45, 2.75) is 12.6 Å². The van der Waals surface area contributed by atoms with E-state index in [2.05, 4.69) is 16.8 Å². The summed E-state index contributed by atoms with van der Waals surface area (Å²) in [7, 11) is 1.40. The van der Waals surface area contributed by atoms with Gasteiger partial charge in [-0.25, -0.2) is 0 Å². The minimum atomic E-state index is -4.47. The second-order valence-corrected chi connectivity index (χ2v) is 5.35. The van der Waals surface area contributed by atoms with E-state index >= 15 is 0 Å². The molecule has 1 aromatic heterocycles. The number of fused-ring (bicyclic) bond motifs is 1. The van der Waals surface area contributed by atoms with Crippen molar-refractivity contribution in [3.8, 4) is 17.2 Å². The number of halogens is 3. The number of alkyl halides is 3. The Morgan fingerprint density at radius 1 is 1.20 bits per heavy atom. The largest absolute Gasteiger partial charge is 0.503 e. The van der Waals surface area contributed by atoms with Crippen molar-refractivity contribution in [1.29, 1.82) is 0 Å². The van der Waals surface area contributed by atoms with Crippen molar-refractivity contribution in [2.75, 3.05) is 7.11 Å². The third-order valence-corrected chi connectivity index (χ3v) is 3.64. The lowest BCUT2D eigenvalue weighted by atomic mass is 10.1. The van der Waals surface area contributed by atoms with Gasteiger partial charge >= 0.3 is 6.18 Å². The van der Waals surface area contributed by atoms with E-state index in [9.17, 15) is 18.3 Å². The van der Waals surface area contributed by atoms with Crippen molar-refractivity contribution < 1.29 is 23.0 Å². The number of phenols is 1. The highest BCUT2D eigenvalue weighted by atomic mass is 19.4. The van der Waals surface area contributed by atoms with Gasteiger partial charge in [-0.15, -0.1) is 21.6 Å². The van der Waals surface area contributed by atoms with Crippen LogP contribution in [0.2, 0.25) is 0 Å². The van der Waals surface area contributed by atoms with Crippen molar-refractivity contribution in [1.82, 2.24) is 15.0 Å². The summed E-state index contributed by atoms with van der Waals surface area (Å²) in [4.78, 5) is 1.09. The number of methoxy groups -OCH3 is 1. The van der Waals surface area contributed by atoms with Crippen LogP contribution in [0.5, 0.6) is 11.5 Å². The van der Waals surface area contributed by atoms with Crippen LogP contribution in [0.4, 0.5) is 13.2 Å². The Morgan fingerprint density at radius 3 is 2.56 bits per heavy atom. The summed E-state index contributed by atoms with van der Waals surface area (Å²) < 4.78 is 43.6. The van der Waals surface area contributed by atoms with Crippen LogP contribution < -0.4 is 4.74 Å². The zero-order valence-electron chi connectivity index (χ0n) is 13.2. The molecule has 0 aliphatic carbocycles. The van der Waals surface area contributed by atoms with Gasteiger partial charge < -0.3 is 9.84 Å². The molecule has 1 heterocycles. The highest BCUT2D eigenvalue weighted by molar-refractivity contribution is 5.75. The molecule has 25 heavy (non-hydrogen) atoms. The van der Waals surface area contributed by atoms with E-state index in [1.165, 1.54) is 13.2 Å². The van der Waals surface area contributed by atoms with Crippen LogP contribution in [-0.2, 0) is 12.6 Å². The number of hydrogen-bond acceptors (Lipinski definition) is 4. The summed E-state index contributed by atoms with van der Waals surface area (Å²) in [5.41, 5.74) is 0.537. The highest BCUT2D eigenvalue weighted by Gasteiger charge is 2.31. The molecule has 0 atom stereocenters. The lowest BCUT2D eigenvalue weighted by molar-refractivity contribution is -0.137. The molecule has 3 rings (SSSR count). The first-order chi connectivity index (χ1) is 11.8. The number of hydrogen-bond donors (Lipinski definition) is 1. The second-order valence-electron chi connectivity index (χ2n) is 5.35. The molecule has 3 aromatic rings. The quantitative estimate of drug-likeness (QED) is 0.726. The monoisotopic (exact) mass is 349 g/mol.